The lowest BCUT2D eigenvalue weighted by Crippen LogP contribution is -2.08. The first kappa shape index (κ1) is 13.0. The van der Waals surface area contributed by atoms with Gasteiger partial charge in [0.1, 0.15) is 6.07 Å². The molecule has 1 unspecified atom stereocenters. The van der Waals surface area contributed by atoms with Gasteiger partial charge in [-0.1, -0.05) is 22.0 Å². The van der Waals surface area contributed by atoms with Gasteiger partial charge < -0.3 is 11.1 Å². The number of hydrogen-bond acceptors (Lipinski definition) is 3. The topological polar surface area (TPSA) is 61.8 Å². The highest BCUT2D eigenvalue weighted by molar-refractivity contribution is 9.10. The predicted octanol–water partition coefficient (Wildman–Crippen LogP) is 4.00. The monoisotopic (exact) mass is 327 g/mol. The van der Waals surface area contributed by atoms with Crippen LogP contribution in [0.5, 0.6) is 0 Å². The summed E-state index contributed by atoms with van der Waals surface area (Å²) in [6.07, 6.45) is 2.05. The number of nitrogen functional groups attached to an aromatic ring is 1. The Balaban J connectivity index is 1.91. The molecule has 0 saturated heterocycles. The predicted molar refractivity (Wildman–Crippen MR) is 84.4 cm³/mol. The molecule has 2 aromatic rings. The quantitative estimate of drug-likeness (QED) is 0.819. The smallest absolute Gasteiger partial charge is 0.101 e. The number of halogens is 1. The van der Waals surface area contributed by atoms with Crippen LogP contribution in [0.4, 0.5) is 11.4 Å². The number of fused-ring (bicyclic) bond motifs is 1. The van der Waals surface area contributed by atoms with Gasteiger partial charge in [0.2, 0.25) is 0 Å². The highest BCUT2D eigenvalue weighted by Gasteiger charge is 2.23. The second-order valence-corrected chi connectivity index (χ2v) is 5.91. The van der Waals surface area contributed by atoms with E-state index >= 15 is 0 Å². The number of benzene rings is 2. The molecule has 0 amide bonds. The molecule has 3 rings (SSSR count). The molecule has 4 heteroatoms. The normalized spacial score (nSPS) is 16.5. The Morgan fingerprint density at radius 1 is 1.25 bits per heavy atom. The molecule has 3 nitrogen and oxygen atoms in total. The zero-order valence-electron chi connectivity index (χ0n) is 10.9. The van der Waals surface area contributed by atoms with Crippen LogP contribution in [-0.4, -0.2) is 0 Å². The molecule has 0 bridgehead atoms. The maximum absolute atomic E-state index is 9.19. The van der Waals surface area contributed by atoms with Gasteiger partial charge >= 0.3 is 0 Å². The Morgan fingerprint density at radius 3 is 2.90 bits per heavy atom. The molecular formula is C16H14BrN3. The molecule has 1 atom stereocenters. The van der Waals surface area contributed by atoms with Gasteiger partial charge in [0, 0.05) is 10.2 Å². The molecular weight excluding hydrogens is 314 g/mol. The van der Waals surface area contributed by atoms with Crippen molar-refractivity contribution in [2.45, 2.75) is 18.9 Å². The van der Waals surface area contributed by atoms with Crippen LogP contribution in [0.15, 0.2) is 40.9 Å². The van der Waals surface area contributed by atoms with Gasteiger partial charge in [-0.3, -0.25) is 0 Å². The minimum absolute atomic E-state index is 0.243. The first-order valence-corrected chi connectivity index (χ1v) is 7.31. The minimum atomic E-state index is 0.243. The van der Waals surface area contributed by atoms with Gasteiger partial charge in [0.15, 0.2) is 0 Å². The van der Waals surface area contributed by atoms with Gasteiger partial charge in [-0.05, 0) is 54.3 Å². The Bertz CT molecular complexity index is 703. The van der Waals surface area contributed by atoms with Crippen molar-refractivity contribution in [3.05, 3.63) is 57.6 Å². The van der Waals surface area contributed by atoms with E-state index in [0.717, 1.165) is 28.7 Å². The van der Waals surface area contributed by atoms with E-state index in [2.05, 4.69) is 33.4 Å². The summed E-state index contributed by atoms with van der Waals surface area (Å²) < 4.78 is 0.967. The first-order valence-electron chi connectivity index (χ1n) is 6.52. The summed E-state index contributed by atoms with van der Waals surface area (Å²) in [5.74, 6) is 0. The SMILES string of the molecule is N#Cc1ccc(Br)cc1NC1CCc2cc(N)ccc21. The molecule has 20 heavy (non-hydrogen) atoms. The lowest BCUT2D eigenvalue weighted by atomic mass is 10.1. The van der Waals surface area contributed by atoms with Gasteiger partial charge in [-0.2, -0.15) is 5.26 Å². The molecule has 100 valence electrons. The fourth-order valence-electron chi connectivity index (χ4n) is 2.71. The van der Waals surface area contributed by atoms with Crippen LogP contribution >= 0.6 is 15.9 Å². The maximum Gasteiger partial charge on any atom is 0.101 e. The lowest BCUT2D eigenvalue weighted by molar-refractivity contribution is 0.761. The highest BCUT2D eigenvalue weighted by atomic mass is 79.9. The van der Waals surface area contributed by atoms with Crippen LogP contribution in [0, 0.1) is 11.3 Å². The number of rotatable bonds is 2. The Hall–Kier alpha value is -1.99. The summed E-state index contributed by atoms with van der Waals surface area (Å²) >= 11 is 3.45. The number of nitrogens with two attached hydrogens (primary N) is 1. The fraction of sp³-hybridized carbons (Fsp3) is 0.188. The third-order valence-corrected chi connectivity index (χ3v) is 4.17. The van der Waals surface area contributed by atoms with Gasteiger partial charge in [0.25, 0.3) is 0 Å². The average Bonchev–Trinajstić information content (AvgIpc) is 2.81. The van der Waals surface area contributed by atoms with E-state index in [-0.39, 0.29) is 6.04 Å². The van der Waals surface area contributed by atoms with Crippen LogP contribution in [0.1, 0.15) is 29.2 Å². The third kappa shape index (κ3) is 2.37. The van der Waals surface area contributed by atoms with Crippen molar-refractivity contribution in [2.24, 2.45) is 0 Å². The molecule has 0 heterocycles. The fourth-order valence-corrected chi connectivity index (χ4v) is 3.07. The molecule has 1 aliphatic carbocycles. The molecule has 0 aliphatic heterocycles. The number of anilines is 2. The summed E-state index contributed by atoms with van der Waals surface area (Å²) in [5, 5.41) is 12.7. The number of hydrogen-bond donors (Lipinski definition) is 2. The first-order chi connectivity index (χ1) is 9.67. The number of nitrogens with zero attached hydrogens (tertiary/aromatic N) is 1. The van der Waals surface area contributed by atoms with Crippen LogP contribution in [-0.2, 0) is 6.42 Å². The van der Waals surface area contributed by atoms with Crippen molar-refractivity contribution in [3.8, 4) is 6.07 Å². The molecule has 3 N–H and O–H groups in total. The standard InChI is InChI=1S/C16H14BrN3/c17-12-3-1-11(9-18)16(8-12)20-15-6-2-10-7-13(19)4-5-14(10)15/h1,3-5,7-8,15,20H,2,6,19H2. The van der Waals surface area contributed by atoms with Gasteiger partial charge in [0.05, 0.1) is 17.3 Å². The largest absolute Gasteiger partial charge is 0.399 e. The summed E-state index contributed by atoms with van der Waals surface area (Å²) in [5.41, 5.74) is 10.8. The maximum atomic E-state index is 9.19. The van der Waals surface area contributed by atoms with E-state index in [1.54, 1.807) is 0 Å². The molecule has 0 spiro atoms. The summed E-state index contributed by atoms with van der Waals surface area (Å²) in [7, 11) is 0. The van der Waals surface area contributed by atoms with Crippen molar-refractivity contribution >= 4 is 27.3 Å². The molecule has 0 radical (unpaired) electrons. The summed E-state index contributed by atoms with van der Waals surface area (Å²) in [4.78, 5) is 0. The third-order valence-electron chi connectivity index (χ3n) is 3.68. The van der Waals surface area contributed by atoms with E-state index in [4.69, 9.17) is 5.73 Å². The van der Waals surface area contributed by atoms with Crippen LogP contribution in [0.25, 0.3) is 0 Å². The van der Waals surface area contributed by atoms with Gasteiger partial charge in [-0.25, -0.2) is 0 Å². The van der Waals surface area contributed by atoms with E-state index in [9.17, 15) is 5.26 Å². The van der Waals surface area contributed by atoms with Crippen molar-refractivity contribution in [3.63, 3.8) is 0 Å². The Morgan fingerprint density at radius 2 is 2.10 bits per heavy atom. The van der Waals surface area contributed by atoms with Crippen LogP contribution in [0.3, 0.4) is 0 Å². The number of aryl methyl sites for hydroxylation is 1. The lowest BCUT2D eigenvalue weighted by Gasteiger charge is -2.17. The van der Waals surface area contributed by atoms with Crippen molar-refractivity contribution in [1.29, 1.82) is 5.26 Å². The molecule has 0 saturated carbocycles. The summed E-state index contributed by atoms with van der Waals surface area (Å²) in [6, 6.07) is 14.2. The summed E-state index contributed by atoms with van der Waals surface area (Å²) in [6.45, 7) is 0. The average molecular weight is 328 g/mol. The van der Waals surface area contributed by atoms with E-state index in [0.29, 0.717) is 5.56 Å². The molecule has 0 aromatic heterocycles. The minimum Gasteiger partial charge on any atom is -0.399 e. The zero-order chi connectivity index (χ0) is 14.1. The van der Waals surface area contributed by atoms with Crippen LogP contribution in [0.2, 0.25) is 0 Å². The Kier molecular flexibility index (Phi) is 3.37. The number of nitriles is 1. The molecule has 1 aliphatic rings. The number of nitrogens with one attached hydrogen (secondary N) is 1. The Labute approximate surface area is 126 Å². The van der Waals surface area contributed by atoms with Crippen molar-refractivity contribution < 1.29 is 0 Å². The molecule has 2 aromatic carbocycles. The van der Waals surface area contributed by atoms with Crippen molar-refractivity contribution in [1.82, 2.24) is 0 Å². The molecule has 0 fully saturated rings. The van der Waals surface area contributed by atoms with E-state index in [1.807, 2.05) is 30.3 Å². The van der Waals surface area contributed by atoms with Crippen LogP contribution < -0.4 is 11.1 Å². The highest BCUT2D eigenvalue weighted by Crippen LogP contribution is 2.36. The van der Waals surface area contributed by atoms with E-state index in [1.165, 1.54) is 11.1 Å². The zero-order valence-corrected chi connectivity index (χ0v) is 12.4. The second kappa shape index (κ2) is 5.18. The second-order valence-electron chi connectivity index (χ2n) is 5.00. The van der Waals surface area contributed by atoms with E-state index < -0.39 is 0 Å². The van der Waals surface area contributed by atoms with Crippen molar-refractivity contribution in [2.75, 3.05) is 11.1 Å². The van der Waals surface area contributed by atoms with Gasteiger partial charge in [-0.15, -0.1) is 0 Å².